The number of benzene rings is 6. The number of rotatable bonds is 4. The van der Waals surface area contributed by atoms with Crippen molar-refractivity contribution in [2.45, 2.75) is 0 Å². The molecule has 0 aliphatic heterocycles. The molecule has 4 nitrogen and oxygen atoms in total. The third-order valence-electron chi connectivity index (χ3n) is 7.94. The minimum atomic E-state index is 0.665. The molecule has 0 aliphatic carbocycles. The molecular weight excluding hydrogens is 577 g/mol. The molecule has 206 valence electrons. The summed E-state index contributed by atoms with van der Waals surface area (Å²) in [5, 5.41) is 6.01. The number of aromatic nitrogens is 4. The van der Waals surface area contributed by atoms with E-state index in [-0.39, 0.29) is 0 Å². The minimum Gasteiger partial charge on any atom is -0.236 e. The van der Waals surface area contributed by atoms with Gasteiger partial charge in [0.1, 0.15) is 5.01 Å². The van der Waals surface area contributed by atoms with Gasteiger partial charge in [-0.3, -0.25) is 0 Å². The first-order valence-corrected chi connectivity index (χ1v) is 16.0. The van der Waals surface area contributed by atoms with E-state index in [4.69, 9.17) is 19.9 Å². The Morgan fingerprint density at radius 1 is 0.409 bits per heavy atom. The molecule has 0 bridgehead atoms. The summed E-state index contributed by atoms with van der Waals surface area (Å²) in [5.74, 6) is 2.00. The third kappa shape index (κ3) is 4.27. The van der Waals surface area contributed by atoms with Gasteiger partial charge in [0.2, 0.25) is 0 Å². The van der Waals surface area contributed by atoms with Crippen molar-refractivity contribution in [3.05, 3.63) is 133 Å². The number of nitrogens with zero attached hydrogens (tertiary/aromatic N) is 4. The van der Waals surface area contributed by atoms with Crippen molar-refractivity contribution in [3.63, 3.8) is 0 Å². The Bertz CT molecular complexity index is 2440. The predicted octanol–water partition coefficient (Wildman–Crippen LogP) is 10.7. The van der Waals surface area contributed by atoms with Gasteiger partial charge in [-0.25, -0.2) is 19.9 Å². The van der Waals surface area contributed by atoms with E-state index >= 15 is 0 Å². The van der Waals surface area contributed by atoms with Gasteiger partial charge in [0.05, 0.1) is 10.2 Å². The average Bonchev–Trinajstić information content (AvgIpc) is 3.70. The van der Waals surface area contributed by atoms with Crippen LogP contribution in [0.15, 0.2) is 133 Å². The van der Waals surface area contributed by atoms with Crippen molar-refractivity contribution in [1.82, 2.24) is 19.9 Å². The average molecular weight is 599 g/mol. The SMILES string of the molecule is c1ccc(-c2nc(-c3ccccc3)nc(-c3ccc4c(c3)sc3ccc5nc(-c6ccc7ccccc7c6)sc5c34)n2)cc1. The third-order valence-corrected chi connectivity index (χ3v) is 10.2. The van der Waals surface area contributed by atoms with Crippen LogP contribution in [0.4, 0.5) is 0 Å². The van der Waals surface area contributed by atoms with E-state index < -0.39 is 0 Å². The second-order valence-corrected chi connectivity index (χ2v) is 12.8. The molecule has 6 heteroatoms. The Morgan fingerprint density at radius 3 is 1.77 bits per heavy atom. The largest absolute Gasteiger partial charge is 0.236 e. The fourth-order valence-electron chi connectivity index (χ4n) is 5.77. The lowest BCUT2D eigenvalue weighted by Crippen LogP contribution is -1.99. The molecule has 0 unspecified atom stereocenters. The highest BCUT2D eigenvalue weighted by atomic mass is 32.1. The summed E-state index contributed by atoms with van der Waals surface area (Å²) in [4.78, 5) is 19.8. The maximum absolute atomic E-state index is 5.06. The summed E-state index contributed by atoms with van der Waals surface area (Å²) in [5.41, 5.74) is 5.08. The zero-order chi connectivity index (χ0) is 29.0. The Labute approximate surface area is 261 Å². The highest BCUT2D eigenvalue weighted by molar-refractivity contribution is 7.28. The highest BCUT2D eigenvalue weighted by Crippen LogP contribution is 2.43. The molecule has 0 aliphatic rings. The second kappa shape index (κ2) is 10.2. The van der Waals surface area contributed by atoms with Gasteiger partial charge in [0.15, 0.2) is 17.5 Å². The molecule has 3 heterocycles. The van der Waals surface area contributed by atoms with Crippen LogP contribution in [-0.2, 0) is 0 Å². The maximum atomic E-state index is 5.06. The van der Waals surface area contributed by atoms with Crippen LogP contribution in [-0.4, -0.2) is 19.9 Å². The fourth-order valence-corrected chi connectivity index (χ4v) is 8.11. The van der Waals surface area contributed by atoms with Crippen molar-refractivity contribution in [2.24, 2.45) is 0 Å². The van der Waals surface area contributed by atoms with Gasteiger partial charge < -0.3 is 0 Å². The lowest BCUT2D eigenvalue weighted by molar-refractivity contribution is 1.07. The van der Waals surface area contributed by atoms with Crippen LogP contribution >= 0.6 is 22.7 Å². The van der Waals surface area contributed by atoms with Crippen LogP contribution in [0.1, 0.15) is 0 Å². The predicted molar refractivity (Wildman–Crippen MR) is 185 cm³/mol. The van der Waals surface area contributed by atoms with Gasteiger partial charge >= 0.3 is 0 Å². The summed E-state index contributed by atoms with van der Waals surface area (Å²) >= 11 is 3.57. The van der Waals surface area contributed by atoms with Crippen molar-refractivity contribution in [3.8, 4) is 44.7 Å². The monoisotopic (exact) mass is 598 g/mol. The van der Waals surface area contributed by atoms with Crippen LogP contribution in [0.2, 0.25) is 0 Å². The molecule has 6 aromatic carbocycles. The van der Waals surface area contributed by atoms with Crippen molar-refractivity contribution >= 4 is 63.8 Å². The molecule has 0 saturated heterocycles. The number of hydrogen-bond acceptors (Lipinski definition) is 6. The minimum absolute atomic E-state index is 0.665. The molecule has 0 spiro atoms. The zero-order valence-electron chi connectivity index (χ0n) is 23.3. The standard InChI is InChI=1S/C38H22N4S2/c1-3-10-24(11-4-1)35-40-36(25-12-5-2-6-13-25)42-37(41-35)27-17-18-29-32(22-27)43-31-20-19-30-34(33(29)31)44-38(39-30)28-16-15-23-9-7-8-14-26(23)21-28/h1-22H. The van der Waals surface area contributed by atoms with E-state index in [1.807, 2.05) is 60.7 Å². The summed E-state index contributed by atoms with van der Waals surface area (Å²) in [6.07, 6.45) is 0. The molecule has 9 rings (SSSR count). The molecule has 0 radical (unpaired) electrons. The zero-order valence-corrected chi connectivity index (χ0v) is 24.9. The first-order valence-electron chi connectivity index (χ1n) is 14.4. The van der Waals surface area contributed by atoms with E-state index in [1.54, 1.807) is 22.7 Å². The molecule has 0 atom stereocenters. The fraction of sp³-hybridized carbons (Fsp3) is 0. The summed E-state index contributed by atoms with van der Waals surface area (Å²) in [7, 11) is 0. The summed E-state index contributed by atoms with van der Waals surface area (Å²) in [6, 6.07) is 46.2. The second-order valence-electron chi connectivity index (χ2n) is 10.7. The topological polar surface area (TPSA) is 51.6 Å². The molecule has 3 aromatic heterocycles. The molecular formula is C38H22N4S2. The van der Waals surface area contributed by atoms with Crippen molar-refractivity contribution < 1.29 is 0 Å². The van der Waals surface area contributed by atoms with Crippen LogP contribution in [0.3, 0.4) is 0 Å². The van der Waals surface area contributed by atoms with Gasteiger partial charge in [0, 0.05) is 42.4 Å². The van der Waals surface area contributed by atoms with Gasteiger partial charge in [-0.05, 0) is 35.0 Å². The van der Waals surface area contributed by atoms with Crippen LogP contribution in [0, 0.1) is 0 Å². The normalized spacial score (nSPS) is 11.6. The van der Waals surface area contributed by atoms with Gasteiger partial charge in [-0.2, -0.15) is 0 Å². The van der Waals surface area contributed by atoms with E-state index in [2.05, 4.69) is 72.8 Å². The Balaban J connectivity index is 1.18. The molecule has 44 heavy (non-hydrogen) atoms. The number of hydrogen-bond donors (Lipinski definition) is 0. The Kier molecular flexibility index (Phi) is 5.82. The first kappa shape index (κ1) is 25.2. The van der Waals surface area contributed by atoms with Gasteiger partial charge in [0.25, 0.3) is 0 Å². The summed E-state index contributed by atoms with van der Waals surface area (Å²) < 4.78 is 3.68. The first-order chi connectivity index (χ1) is 21.8. The van der Waals surface area contributed by atoms with E-state index in [0.29, 0.717) is 17.5 Å². The molecule has 0 fully saturated rings. The van der Waals surface area contributed by atoms with Gasteiger partial charge in [-0.15, -0.1) is 22.7 Å². The molecule has 9 aromatic rings. The van der Waals surface area contributed by atoms with Crippen LogP contribution < -0.4 is 0 Å². The Morgan fingerprint density at radius 2 is 1.05 bits per heavy atom. The van der Waals surface area contributed by atoms with E-state index in [9.17, 15) is 0 Å². The molecule has 0 N–H and O–H groups in total. The van der Waals surface area contributed by atoms with Crippen molar-refractivity contribution in [1.29, 1.82) is 0 Å². The van der Waals surface area contributed by atoms with Crippen LogP contribution in [0.25, 0.3) is 85.9 Å². The Hall–Kier alpha value is -5.30. The molecule has 0 saturated carbocycles. The van der Waals surface area contributed by atoms with Gasteiger partial charge in [-0.1, -0.05) is 109 Å². The number of fused-ring (bicyclic) bond motifs is 6. The lowest BCUT2D eigenvalue weighted by Gasteiger charge is -2.08. The molecule has 0 amide bonds. The number of thiazole rings is 1. The lowest BCUT2D eigenvalue weighted by atomic mass is 10.1. The van der Waals surface area contributed by atoms with Crippen molar-refractivity contribution in [2.75, 3.05) is 0 Å². The van der Waals surface area contributed by atoms with E-state index in [1.165, 1.54) is 35.6 Å². The quantitative estimate of drug-likeness (QED) is 0.202. The van der Waals surface area contributed by atoms with E-state index in [0.717, 1.165) is 32.8 Å². The number of thiophene rings is 1. The maximum Gasteiger partial charge on any atom is 0.164 e. The highest BCUT2D eigenvalue weighted by Gasteiger charge is 2.17. The smallest absolute Gasteiger partial charge is 0.164 e. The van der Waals surface area contributed by atoms with Crippen LogP contribution in [0.5, 0.6) is 0 Å². The summed E-state index contributed by atoms with van der Waals surface area (Å²) in [6.45, 7) is 0.